The molecule has 26 heavy (non-hydrogen) atoms. The molecule has 0 aromatic carbocycles. The van der Waals surface area contributed by atoms with Gasteiger partial charge in [0, 0.05) is 24.8 Å². The molecule has 148 valence electrons. The molecule has 0 radical (unpaired) electrons. The number of ether oxygens (including phenoxy) is 3. The minimum atomic E-state index is -4.94. The molecule has 1 fully saturated rings. The molecule has 2 N–H and O–H groups in total. The lowest BCUT2D eigenvalue weighted by Crippen LogP contribution is -2.33. The van der Waals surface area contributed by atoms with Gasteiger partial charge in [-0.3, -0.25) is 18.9 Å². The molecule has 0 spiro atoms. The summed E-state index contributed by atoms with van der Waals surface area (Å²) in [6.07, 6.45) is -1.41. The van der Waals surface area contributed by atoms with E-state index in [1.54, 1.807) is 13.8 Å². The monoisotopic (exact) mass is 393 g/mol. The predicted molar refractivity (Wildman–Crippen MR) is 86.3 cm³/mol. The van der Waals surface area contributed by atoms with E-state index in [0.717, 1.165) is 0 Å². The van der Waals surface area contributed by atoms with E-state index in [1.807, 2.05) is 0 Å². The van der Waals surface area contributed by atoms with Crippen molar-refractivity contribution in [2.24, 2.45) is 0 Å². The van der Waals surface area contributed by atoms with E-state index in [1.165, 1.54) is 17.7 Å². The Kier molecular flexibility index (Phi) is 6.92. The van der Waals surface area contributed by atoms with Crippen molar-refractivity contribution in [3.05, 3.63) is 32.6 Å². The average molecular weight is 393 g/mol. The summed E-state index contributed by atoms with van der Waals surface area (Å²) < 4.78 is 33.1. The third-order valence-corrected chi connectivity index (χ3v) is 4.28. The maximum Gasteiger partial charge on any atom is 0.330 e. The molecule has 11 nitrogen and oxygen atoms in total. The van der Waals surface area contributed by atoms with Crippen LogP contribution in [0.25, 0.3) is 0 Å². The van der Waals surface area contributed by atoms with Crippen molar-refractivity contribution in [3.8, 4) is 0 Å². The van der Waals surface area contributed by atoms with Crippen molar-refractivity contribution in [2.45, 2.75) is 51.9 Å². The zero-order chi connectivity index (χ0) is 19.5. The first kappa shape index (κ1) is 21.0. The average Bonchev–Trinajstić information content (AvgIpc) is 2.91. The van der Waals surface area contributed by atoms with Gasteiger partial charge in [-0.05, 0) is 20.8 Å². The van der Waals surface area contributed by atoms with Crippen LogP contribution in [-0.4, -0.2) is 46.2 Å². The van der Waals surface area contributed by atoms with Crippen LogP contribution in [0.5, 0.6) is 0 Å². The van der Waals surface area contributed by atoms with E-state index in [2.05, 4.69) is 9.51 Å². The molecule has 0 amide bonds. The van der Waals surface area contributed by atoms with E-state index in [4.69, 9.17) is 19.1 Å². The Hall–Kier alpha value is -1.33. The van der Waals surface area contributed by atoms with Crippen LogP contribution < -0.4 is 16.1 Å². The fourth-order valence-corrected chi connectivity index (χ4v) is 2.99. The van der Waals surface area contributed by atoms with Crippen LogP contribution in [0.4, 0.5) is 0 Å². The van der Waals surface area contributed by atoms with Crippen molar-refractivity contribution >= 4 is 7.82 Å². The van der Waals surface area contributed by atoms with E-state index in [9.17, 15) is 19.0 Å². The fraction of sp³-hybridized carbons (Fsp3) is 0.714. The van der Waals surface area contributed by atoms with Crippen molar-refractivity contribution in [3.63, 3.8) is 0 Å². The molecule has 1 saturated heterocycles. The second-order valence-electron chi connectivity index (χ2n) is 5.81. The van der Waals surface area contributed by atoms with Crippen molar-refractivity contribution in [1.82, 2.24) is 9.55 Å². The lowest BCUT2D eigenvalue weighted by Gasteiger charge is -2.24. The van der Waals surface area contributed by atoms with E-state index in [-0.39, 0.29) is 6.42 Å². The summed E-state index contributed by atoms with van der Waals surface area (Å²) >= 11 is 0. The number of phosphoric ester groups is 1. The molecule has 2 unspecified atom stereocenters. The van der Waals surface area contributed by atoms with Gasteiger partial charge in [-0.2, -0.15) is 0 Å². The molecular formula is C14H22N2O9P-. The standard InChI is InChI=1S/C14H23N2O9P/c1-4-22-9(3)24-10-5-12(25-11(10)7-23-26(19,20)21)16-6-8(2)13(17)15-14(16)18/h6,9-12H,4-5,7H2,1-3H3,(H,15,17,18)(H2,19,20,21)/p-1/t9-,10?,11-,12-/m1/s1. The van der Waals surface area contributed by atoms with Crippen molar-refractivity contribution in [2.75, 3.05) is 13.2 Å². The summed E-state index contributed by atoms with van der Waals surface area (Å²) in [5.41, 5.74) is -0.859. The van der Waals surface area contributed by atoms with Gasteiger partial charge in [-0.15, -0.1) is 0 Å². The van der Waals surface area contributed by atoms with Gasteiger partial charge in [-0.1, -0.05) is 0 Å². The minimum absolute atomic E-state index is 0.186. The number of hydrogen-bond acceptors (Lipinski definition) is 8. The van der Waals surface area contributed by atoms with Crippen LogP contribution in [0.3, 0.4) is 0 Å². The van der Waals surface area contributed by atoms with Gasteiger partial charge >= 0.3 is 5.69 Å². The molecule has 0 bridgehead atoms. The van der Waals surface area contributed by atoms with Crippen molar-refractivity contribution < 1.29 is 33.1 Å². The number of nitrogens with one attached hydrogen (secondary N) is 1. The van der Waals surface area contributed by atoms with Gasteiger partial charge in [0.15, 0.2) is 6.29 Å². The number of rotatable bonds is 8. The van der Waals surface area contributed by atoms with Crippen LogP contribution >= 0.6 is 7.82 Å². The molecular weight excluding hydrogens is 371 g/mol. The first-order valence-corrected chi connectivity index (χ1v) is 9.53. The third-order valence-electron chi connectivity index (χ3n) is 3.81. The van der Waals surface area contributed by atoms with Crippen LogP contribution in [0.2, 0.25) is 0 Å². The van der Waals surface area contributed by atoms with Gasteiger partial charge in [0.05, 0.1) is 12.7 Å². The molecule has 12 heteroatoms. The van der Waals surface area contributed by atoms with Gasteiger partial charge in [-0.25, -0.2) is 4.79 Å². The van der Waals surface area contributed by atoms with Gasteiger partial charge in [0.25, 0.3) is 13.4 Å². The Morgan fingerprint density at radius 2 is 2.23 bits per heavy atom. The summed E-state index contributed by atoms with van der Waals surface area (Å²) in [5.74, 6) is 0. The Balaban J connectivity index is 2.20. The second-order valence-corrected chi connectivity index (χ2v) is 7.00. The van der Waals surface area contributed by atoms with Crippen LogP contribution in [-0.2, 0) is 23.3 Å². The first-order chi connectivity index (χ1) is 12.1. The highest BCUT2D eigenvalue weighted by atomic mass is 31.2. The smallest absolute Gasteiger partial charge is 0.330 e. The number of hydrogen-bond donors (Lipinski definition) is 2. The summed E-state index contributed by atoms with van der Waals surface area (Å²) in [6.45, 7) is 4.90. The highest BCUT2D eigenvalue weighted by Gasteiger charge is 2.39. The number of H-pyrrole nitrogens is 1. The molecule has 1 aliphatic heterocycles. The Morgan fingerprint density at radius 1 is 1.54 bits per heavy atom. The molecule has 1 aromatic heterocycles. The zero-order valence-corrected chi connectivity index (χ0v) is 15.5. The molecule has 1 aliphatic rings. The summed E-state index contributed by atoms with van der Waals surface area (Å²) in [5, 5.41) is 0. The van der Waals surface area contributed by atoms with Crippen LogP contribution in [0, 0.1) is 6.92 Å². The topological polar surface area (TPSA) is 152 Å². The van der Waals surface area contributed by atoms with Crippen molar-refractivity contribution in [1.29, 1.82) is 0 Å². The van der Waals surface area contributed by atoms with Gasteiger partial charge in [0.2, 0.25) is 0 Å². The largest absolute Gasteiger partial charge is 0.756 e. The summed E-state index contributed by atoms with van der Waals surface area (Å²) in [6, 6.07) is 0. The van der Waals surface area contributed by atoms with Gasteiger partial charge < -0.3 is 28.5 Å². The molecule has 2 heterocycles. The summed E-state index contributed by atoms with van der Waals surface area (Å²) in [4.78, 5) is 45.3. The SMILES string of the molecule is CCO[C@@H](C)OC1C[C@H](n2cc(C)c(=O)[nH]c2=O)O[C@@H]1COP(=O)([O-])O. The van der Waals surface area contributed by atoms with Gasteiger partial charge in [0.1, 0.15) is 12.3 Å². The second kappa shape index (κ2) is 8.57. The van der Waals surface area contributed by atoms with E-state index < -0.39 is 50.4 Å². The fourth-order valence-electron chi connectivity index (χ4n) is 2.65. The molecule has 1 aromatic rings. The number of aryl methyl sites for hydroxylation is 1. The van der Waals surface area contributed by atoms with Crippen LogP contribution in [0.1, 0.15) is 32.1 Å². The first-order valence-electron chi connectivity index (χ1n) is 8.03. The number of phosphoric acid groups is 1. The number of aromatic nitrogens is 2. The number of nitrogens with zero attached hydrogens (tertiary/aromatic N) is 1. The quantitative estimate of drug-likeness (QED) is 0.434. The maximum absolute atomic E-state index is 12.0. The molecule has 5 atom stereocenters. The van der Waals surface area contributed by atoms with Crippen LogP contribution in [0.15, 0.2) is 15.8 Å². The highest BCUT2D eigenvalue weighted by molar-refractivity contribution is 7.44. The molecule has 0 aliphatic carbocycles. The Bertz CT molecular complexity index is 770. The Labute approximate surface area is 149 Å². The number of aromatic amines is 1. The lowest BCUT2D eigenvalue weighted by molar-refractivity contribution is -0.224. The molecule has 2 rings (SSSR count). The Morgan fingerprint density at radius 3 is 2.85 bits per heavy atom. The third kappa shape index (κ3) is 5.58. The molecule has 0 saturated carbocycles. The van der Waals surface area contributed by atoms with E-state index >= 15 is 0 Å². The highest BCUT2D eigenvalue weighted by Crippen LogP contribution is 2.35. The lowest BCUT2D eigenvalue weighted by atomic mass is 10.2. The predicted octanol–water partition coefficient (Wildman–Crippen LogP) is -0.622. The normalized spacial score (nSPS) is 26.6. The summed E-state index contributed by atoms with van der Waals surface area (Å²) in [7, 11) is -4.94. The maximum atomic E-state index is 12.0. The zero-order valence-electron chi connectivity index (χ0n) is 14.6. The minimum Gasteiger partial charge on any atom is -0.756 e. The van der Waals surface area contributed by atoms with E-state index in [0.29, 0.717) is 12.2 Å².